The third-order valence-corrected chi connectivity index (χ3v) is 3.66. The van der Waals surface area contributed by atoms with E-state index in [0.29, 0.717) is 0 Å². The van der Waals surface area contributed by atoms with E-state index < -0.39 is 11.9 Å². The second kappa shape index (κ2) is 3.98. The van der Waals surface area contributed by atoms with Gasteiger partial charge in [-0.05, 0) is 37.5 Å². The molecule has 2 unspecified atom stereocenters. The summed E-state index contributed by atoms with van der Waals surface area (Å²) in [6.45, 7) is 3.67. The van der Waals surface area contributed by atoms with Gasteiger partial charge in [-0.1, -0.05) is 17.7 Å². The zero-order valence-corrected chi connectivity index (χ0v) is 10.0. The van der Waals surface area contributed by atoms with Crippen molar-refractivity contribution in [3.8, 4) is 0 Å². The Balaban J connectivity index is 2.28. The zero-order chi connectivity index (χ0) is 11.9. The van der Waals surface area contributed by atoms with E-state index in [4.69, 9.17) is 16.7 Å². The quantitative estimate of drug-likeness (QED) is 0.834. The van der Waals surface area contributed by atoms with Crippen molar-refractivity contribution in [2.24, 2.45) is 5.92 Å². The maximum atomic E-state index is 10.9. The predicted octanol–water partition coefficient (Wildman–Crippen LogP) is 2.71. The highest BCUT2D eigenvalue weighted by Crippen LogP contribution is 2.35. The molecule has 0 saturated heterocycles. The highest BCUT2D eigenvalue weighted by molar-refractivity contribution is 6.31. The lowest BCUT2D eigenvalue weighted by Gasteiger charge is -2.16. The van der Waals surface area contributed by atoms with E-state index in [0.717, 1.165) is 28.3 Å². The third kappa shape index (κ3) is 1.76. The van der Waals surface area contributed by atoms with Crippen molar-refractivity contribution in [3.63, 3.8) is 0 Å². The molecule has 0 radical (unpaired) electrons. The fourth-order valence-electron chi connectivity index (χ4n) is 2.06. The molecule has 1 aliphatic heterocycles. The van der Waals surface area contributed by atoms with Crippen LogP contribution < -0.4 is 5.32 Å². The second-order valence-corrected chi connectivity index (χ2v) is 4.70. The van der Waals surface area contributed by atoms with E-state index in [1.54, 1.807) is 6.92 Å². The van der Waals surface area contributed by atoms with Crippen LogP contribution in [0.5, 0.6) is 0 Å². The minimum atomic E-state index is -0.769. The number of rotatable bonds is 2. The average molecular weight is 240 g/mol. The molecule has 0 spiro atoms. The Bertz CT molecular complexity index is 445. The lowest BCUT2D eigenvalue weighted by atomic mass is 9.99. The van der Waals surface area contributed by atoms with Gasteiger partial charge in [-0.2, -0.15) is 0 Å². The van der Waals surface area contributed by atoms with Crippen molar-refractivity contribution >= 4 is 23.3 Å². The molecule has 0 aliphatic carbocycles. The first kappa shape index (κ1) is 11.3. The number of carbonyl (C=O) groups is 1. The van der Waals surface area contributed by atoms with Crippen molar-refractivity contribution in [1.29, 1.82) is 0 Å². The lowest BCUT2D eigenvalue weighted by Crippen LogP contribution is -2.30. The fourth-order valence-corrected chi connectivity index (χ4v) is 2.22. The van der Waals surface area contributed by atoms with Crippen LogP contribution in [0.1, 0.15) is 18.1 Å². The van der Waals surface area contributed by atoms with Crippen LogP contribution in [0.2, 0.25) is 5.02 Å². The van der Waals surface area contributed by atoms with Crippen molar-refractivity contribution in [2.45, 2.75) is 26.3 Å². The number of aliphatic carboxylic acids is 1. The number of fused-ring (bicyclic) bond motifs is 1. The second-order valence-electron chi connectivity index (χ2n) is 4.29. The minimum absolute atomic E-state index is 0.0373. The van der Waals surface area contributed by atoms with E-state index in [9.17, 15) is 4.79 Å². The van der Waals surface area contributed by atoms with E-state index >= 15 is 0 Å². The van der Waals surface area contributed by atoms with Gasteiger partial charge in [0.15, 0.2) is 0 Å². The van der Waals surface area contributed by atoms with Crippen LogP contribution in [0.4, 0.5) is 5.69 Å². The maximum Gasteiger partial charge on any atom is 0.308 e. The van der Waals surface area contributed by atoms with Gasteiger partial charge >= 0.3 is 5.97 Å². The van der Waals surface area contributed by atoms with Crippen LogP contribution in [0.15, 0.2) is 12.1 Å². The summed E-state index contributed by atoms with van der Waals surface area (Å²) in [5, 5.41) is 13.0. The summed E-state index contributed by atoms with van der Waals surface area (Å²) in [7, 11) is 0. The summed E-state index contributed by atoms with van der Waals surface area (Å²) < 4.78 is 0. The third-order valence-electron chi connectivity index (χ3n) is 3.25. The Kier molecular flexibility index (Phi) is 2.80. The summed E-state index contributed by atoms with van der Waals surface area (Å²) in [5.41, 5.74) is 3.16. The highest BCUT2D eigenvalue weighted by atomic mass is 35.5. The van der Waals surface area contributed by atoms with Crippen molar-refractivity contribution in [2.75, 3.05) is 5.32 Å². The predicted molar refractivity (Wildman–Crippen MR) is 64.1 cm³/mol. The first-order valence-electron chi connectivity index (χ1n) is 5.28. The van der Waals surface area contributed by atoms with Crippen LogP contribution in [-0.2, 0) is 11.2 Å². The van der Waals surface area contributed by atoms with E-state index in [-0.39, 0.29) is 6.04 Å². The van der Waals surface area contributed by atoms with Gasteiger partial charge in [-0.15, -0.1) is 0 Å². The topological polar surface area (TPSA) is 49.3 Å². The molecule has 1 heterocycles. The van der Waals surface area contributed by atoms with Gasteiger partial charge < -0.3 is 10.4 Å². The van der Waals surface area contributed by atoms with Crippen molar-refractivity contribution in [3.05, 3.63) is 28.3 Å². The molecule has 0 fully saturated rings. The van der Waals surface area contributed by atoms with Crippen LogP contribution in [0.25, 0.3) is 0 Å². The number of hydrogen-bond donors (Lipinski definition) is 2. The molecule has 4 heteroatoms. The molecule has 1 aromatic carbocycles. The molecule has 1 aromatic rings. The van der Waals surface area contributed by atoms with Crippen LogP contribution in [-0.4, -0.2) is 17.1 Å². The Morgan fingerprint density at radius 2 is 2.31 bits per heavy atom. The fraction of sp³-hybridized carbons (Fsp3) is 0.417. The Morgan fingerprint density at radius 3 is 2.94 bits per heavy atom. The molecule has 3 nitrogen and oxygen atoms in total. The van der Waals surface area contributed by atoms with Gasteiger partial charge in [0, 0.05) is 16.8 Å². The summed E-state index contributed by atoms with van der Waals surface area (Å²) in [6.07, 6.45) is 0.751. The molecule has 2 N–H and O–H groups in total. The number of benzene rings is 1. The van der Waals surface area contributed by atoms with Gasteiger partial charge in [0.1, 0.15) is 0 Å². The number of hydrogen-bond acceptors (Lipinski definition) is 2. The molecule has 2 rings (SSSR count). The standard InChI is InChI=1S/C12H14ClNO2/c1-6-9(13)4-3-8-5-10(14-11(6)8)7(2)12(15)16/h3-4,7,10,14H,5H2,1-2H3,(H,15,16). The van der Waals surface area contributed by atoms with Crippen molar-refractivity contribution < 1.29 is 9.90 Å². The molecule has 0 aromatic heterocycles. The molecule has 86 valence electrons. The molecule has 0 saturated carbocycles. The molecular weight excluding hydrogens is 226 g/mol. The lowest BCUT2D eigenvalue weighted by molar-refractivity contribution is -0.141. The number of anilines is 1. The minimum Gasteiger partial charge on any atom is -0.481 e. The van der Waals surface area contributed by atoms with Crippen LogP contribution in [0.3, 0.4) is 0 Å². The smallest absolute Gasteiger partial charge is 0.308 e. The summed E-state index contributed by atoms with van der Waals surface area (Å²) in [6, 6.07) is 3.79. The SMILES string of the molecule is Cc1c(Cl)ccc2c1NC(C(C)C(=O)O)C2. The number of carboxylic acids is 1. The van der Waals surface area contributed by atoms with Gasteiger partial charge in [-0.25, -0.2) is 0 Å². The Labute approximate surface area is 99.4 Å². The molecule has 0 amide bonds. The molecule has 0 bridgehead atoms. The molecule has 1 aliphatic rings. The largest absolute Gasteiger partial charge is 0.481 e. The van der Waals surface area contributed by atoms with Gasteiger partial charge in [0.25, 0.3) is 0 Å². The van der Waals surface area contributed by atoms with Gasteiger partial charge in [-0.3, -0.25) is 4.79 Å². The first-order chi connectivity index (χ1) is 7.50. The number of nitrogens with one attached hydrogen (secondary N) is 1. The summed E-state index contributed by atoms with van der Waals surface area (Å²) >= 11 is 6.03. The summed E-state index contributed by atoms with van der Waals surface area (Å²) in [5.74, 6) is -1.17. The zero-order valence-electron chi connectivity index (χ0n) is 9.25. The Hall–Kier alpha value is -1.22. The molecular formula is C12H14ClNO2. The molecule has 16 heavy (non-hydrogen) atoms. The van der Waals surface area contributed by atoms with E-state index in [1.165, 1.54) is 0 Å². The average Bonchev–Trinajstić information content (AvgIpc) is 2.67. The number of carboxylic acid groups (broad SMARTS) is 1. The van der Waals surface area contributed by atoms with E-state index in [1.807, 2.05) is 19.1 Å². The van der Waals surface area contributed by atoms with Crippen LogP contribution in [0, 0.1) is 12.8 Å². The van der Waals surface area contributed by atoms with Gasteiger partial charge in [0.05, 0.1) is 5.92 Å². The highest BCUT2D eigenvalue weighted by Gasteiger charge is 2.30. The monoisotopic (exact) mass is 239 g/mol. The van der Waals surface area contributed by atoms with Gasteiger partial charge in [0.2, 0.25) is 0 Å². The maximum absolute atomic E-state index is 10.9. The van der Waals surface area contributed by atoms with E-state index in [2.05, 4.69) is 5.32 Å². The number of halogens is 1. The normalized spacial score (nSPS) is 20.1. The molecule has 2 atom stereocenters. The first-order valence-corrected chi connectivity index (χ1v) is 5.66. The van der Waals surface area contributed by atoms with Crippen molar-refractivity contribution in [1.82, 2.24) is 0 Å². The summed E-state index contributed by atoms with van der Waals surface area (Å²) in [4.78, 5) is 10.9. The Morgan fingerprint density at radius 1 is 1.62 bits per heavy atom. The van der Waals surface area contributed by atoms with Crippen LogP contribution >= 0.6 is 11.6 Å².